The Morgan fingerprint density at radius 2 is 1.44 bits per heavy atom. The zero-order chi connectivity index (χ0) is 22.7. The van der Waals surface area contributed by atoms with E-state index in [1.165, 1.54) is 6.92 Å². The minimum atomic E-state index is -0.292. The molecule has 0 spiro atoms. The van der Waals surface area contributed by atoms with E-state index in [2.05, 4.69) is 20.8 Å². The molecule has 1 heterocycles. The molecule has 0 aliphatic rings. The number of nitrogens with zero attached hydrogens (tertiary/aromatic N) is 2. The van der Waals surface area contributed by atoms with Gasteiger partial charge in [-0.2, -0.15) is 0 Å². The minimum absolute atomic E-state index is 0.210. The summed E-state index contributed by atoms with van der Waals surface area (Å²) in [4.78, 5) is 24.2. The number of hydrogen-bond acceptors (Lipinski definition) is 5. The first-order valence-corrected chi connectivity index (χ1v) is 10.1. The van der Waals surface area contributed by atoms with Gasteiger partial charge in [0.25, 0.3) is 5.91 Å². The third kappa shape index (κ3) is 4.73. The van der Waals surface area contributed by atoms with Gasteiger partial charge in [-0.1, -0.05) is 23.8 Å². The van der Waals surface area contributed by atoms with Gasteiger partial charge >= 0.3 is 0 Å². The van der Waals surface area contributed by atoms with E-state index in [-0.39, 0.29) is 11.8 Å². The summed E-state index contributed by atoms with van der Waals surface area (Å²) in [6, 6.07) is 20.2. The normalized spacial score (nSPS) is 10.6. The lowest BCUT2D eigenvalue weighted by molar-refractivity contribution is -0.114. The predicted molar refractivity (Wildman–Crippen MR) is 123 cm³/mol. The van der Waals surface area contributed by atoms with Gasteiger partial charge in [0.2, 0.25) is 17.7 Å². The number of carbonyl (C=O) groups is 2. The van der Waals surface area contributed by atoms with Crippen molar-refractivity contribution in [3.05, 3.63) is 83.4 Å². The van der Waals surface area contributed by atoms with Crippen molar-refractivity contribution in [1.29, 1.82) is 0 Å². The van der Waals surface area contributed by atoms with E-state index in [0.717, 1.165) is 16.7 Å². The molecule has 0 radical (unpaired) electrons. The number of benzene rings is 3. The van der Waals surface area contributed by atoms with Crippen molar-refractivity contribution in [3.8, 4) is 22.9 Å². The monoisotopic (exact) mass is 426 g/mol. The number of rotatable bonds is 5. The molecule has 2 N–H and O–H groups in total. The Balaban J connectivity index is 1.52. The topological polar surface area (TPSA) is 97.1 Å². The number of carbonyl (C=O) groups excluding carboxylic acids is 2. The van der Waals surface area contributed by atoms with Crippen LogP contribution in [0, 0.1) is 13.8 Å². The molecular formula is C25H22N4O3. The first-order chi connectivity index (χ1) is 15.4. The van der Waals surface area contributed by atoms with Crippen molar-refractivity contribution in [1.82, 2.24) is 10.2 Å². The van der Waals surface area contributed by atoms with Gasteiger partial charge in [-0.15, -0.1) is 10.2 Å². The summed E-state index contributed by atoms with van der Waals surface area (Å²) in [6.45, 7) is 5.34. The molecule has 0 saturated heterocycles. The van der Waals surface area contributed by atoms with E-state index in [9.17, 15) is 9.59 Å². The maximum atomic E-state index is 12.8. The number of aromatic nitrogens is 2. The molecule has 1 aromatic heterocycles. The van der Waals surface area contributed by atoms with Crippen LogP contribution >= 0.6 is 0 Å². The Morgan fingerprint density at radius 1 is 0.750 bits per heavy atom. The van der Waals surface area contributed by atoms with Gasteiger partial charge in [0.15, 0.2) is 0 Å². The van der Waals surface area contributed by atoms with Crippen LogP contribution in [0.4, 0.5) is 11.4 Å². The third-order valence-corrected chi connectivity index (χ3v) is 4.82. The standard InChI is InChI=1S/C25H22N4O3/c1-15-5-4-6-20(13-15)25-29-28-24(32-25)19-10-8-18(9-11-19)23(31)27-22-14-16(2)7-12-21(22)26-17(3)30/h4-14H,1-3H3,(H,26,30)(H,27,31). The quantitative estimate of drug-likeness (QED) is 0.455. The molecule has 7 heteroatoms. The highest BCUT2D eigenvalue weighted by atomic mass is 16.4. The predicted octanol–water partition coefficient (Wildman–Crippen LogP) is 5.23. The van der Waals surface area contributed by atoms with Crippen molar-refractivity contribution in [3.63, 3.8) is 0 Å². The lowest BCUT2D eigenvalue weighted by atomic mass is 10.1. The second kappa shape index (κ2) is 8.85. The largest absolute Gasteiger partial charge is 0.416 e. The molecule has 7 nitrogen and oxygen atoms in total. The summed E-state index contributed by atoms with van der Waals surface area (Å²) in [7, 11) is 0. The average molecular weight is 426 g/mol. The maximum Gasteiger partial charge on any atom is 0.255 e. The van der Waals surface area contributed by atoms with Gasteiger partial charge < -0.3 is 15.1 Å². The van der Waals surface area contributed by atoms with Crippen LogP contribution in [0.25, 0.3) is 22.9 Å². The molecule has 0 atom stereocenters. The molecule has 32 heavy (non-hydrogen) atoms. The van der Waals surface area contributed by atoms with Gasteiger partial charge in [0.1, 0.15) is 0 Å². The van der Waals surface area contributed by atoms with Crippen molar-refractivity contribution in [2.45, 2.75) is 20.8 Å². The van der Waals surface area contributed by atoms with Crippen molar-refractivity contribution in [2.24, 2.45) is 0 Å². The highest BCUT2D eigenvalue weighted by Crippen LogP contribution is 2.26. The lowest BCUT2D eigenvalue weighted by Gasteiger charge is -2.12. The Kier molecular flexibility index (Phi) is 5.81. The highest BCUT2D eigenvalue weighted by Gasteiger charge is 2.14. The van der Waals surface area contributed by atoms with E-state index >= 15 is 0 Å². The maximum absolute atomic E-state index is 12.8. The molecule has 0 aliphatic carbocycles. The molecule has 160 valence electrons. The SMILES string of the molecule is CC(=O)Nc1ccc(C)cc1NC(=O)c1ccc(-c2nnc(-c3cccc(C)c3)o2)cc1. The first-order valence-electron chi connectivity index (χ1n) is 10.1. The third-order valence-electron chi connectivity index (χ3n) is 4.82. The summed E-state index contributed by atoms with van der Waals surface area (Å²) >= 11 is 0. The average Bonchev–Trinajstić information content (AvgIpc) is 3.26. The fraction of sp³-hybridized carbons (Fsp3) is 0.120. The number of amides is 2. The van der Waals surface area contributed by atoms with Crippen LogP contribution < -0.4 is 10.6 Å². The van der Waals surface area contributed by atoms with Crippen LogP contribution in [0.3, 0.4) is 0 Å². The van der Waals surface area contributed by atoms with Crippen LogP contribution in [0.1, 0.15) is 28.4 Å². The fourth-order valence-corrected chi connectivity index (χ4v) is 3.25. The second-order valence-corrected chi connectivity index (χ2v) is 7.54. The van der Waals surface area contributed by atoms with Gasteiger partial charge in [-0.3, -0.25) is 9.59 Å². The number of nitrogens with one attached hydrogen (secondary N) is 2. The smallest absolute Gasteiger partial charge is 0.255 e. The highest BCUT2D eigenvalue weighted by molar-refractivity contribution is 6.07. The Bertz CT molecular complexity index is 1290. The number of aryl methyl sites for hydroxylation is 2. The van der Waals surface area contributed by atoms with Gasteiger partial charge in [0.05, 0.1) is 11.4 Å². The number of hydrogen-bond donors (Lipinski definition) is 2. The Hall–Kier alpha value is -4.26. The lowest BCUT2D eigenvalue weighted by Crippen LogP contribution is -2.15. The van der Waals surface area contributed by atoms with E-state index in [1.54, 1.807) is 30.3 Å². The second-order valence-electron chi connectivity index (χ2n) is 7.54. The molecule has 0 bridgehead atoms. The molecule has 4 rings (SSSR count). The van der Waals surface area contributed by atoms with E-state index in [1.807, 2.05) is 50.2 Å². The molecule has 0 saturated carbocycles. The number of anilines is 2. The van der Waals surface area contributed by atoms with Crippen LogP contribution in [0.15, 0.2) is 71.1 Å². The summed E-state index contributed by atoms with van der Waals surface area (Å²) in [5, 5.41) is 13.8. The molecule has 4 aromatic rings. The van der Waals surface area contributed by atoms with Gasteiger partial charge in [-0.05, 0) is 67.9 Å². The van der Waals surface area contributed by atoms with Crippen LogP contribution in [-0.4, -0.2) is 22.0 Å². The fourth-order valence-electron chi connectivity index (χ4n) is 3.25. The minimum Gasteiger partial charge on any atom is -0.416 e. The summed E-state index contributed by atoms with van der Waals surface area (Å²) in [5.74, 6) is 0.314. The zero-order valence-electron chi connectivity index (χ0n) is 18.0. The summed E-state index contributed by atoms with van der Waals surface area (Å²) < 4.78 is 5.81. The zero-order valence-corrected chi connectivity index (χ0v) is 18.0. The van der Waals surface area contributed by atoms with Crippen molar-refractivity contribution >= 4 is 23.2 Å². The molecule has 2 amide bonds. The summed E-state index contributed by atoms with van der Waals surface area (Å²) in [6.07, 6.45) is 0. The first kappa shape index (κ1) is 21.0. The molecule has 0 aliphatic heterocycles. The molecular weight excluding hydrogens is 404 g/mol. The van der Waals surface area contributed by atoms with Gasteiger partial charge in [0, 0.05) is 23.6 Å². The van der Waals surface area contributed by atoms with Crippen molar-refractivity contribution < 1.29 is 14.0 Å². The van der Waals surface area contributed by atoms with Crippen LogP contribution in [0.5, 0.6) is 0 Å². The Labute approximate surface area is 185 Å². The molecule has 3 aromatic carbocycles. The van der Waals surface area contributed by atoms with E-state index < -0.39 is 0 Å². The van der Waals surface area contributed by atoms with E-state index in [4.69, 9.17) is 4.42 Å². The van der Waals surface area contributed by atoms with Crippen molar-refractivity contribution in [2.75, 3.05) is 10.6 Å². The van der Waals surface area contributed by atoms with Gasteiger partial charge in [-0.25, -0.2) is 0 Å². The van der Waals surface area contributed by atoms with Crippen LogP contribution in [-0.2, 0) is 4.79 Å². The summed E-state index contributed by atoms with van der Waals surface area (Å²) in [5.41, 5.74) is 5.17. The molecule has 0 unspecified atom stereocenters. The van der Waals surface area contributed by atoms with E-state index in [0.29, 0.717) is 34.3 Å². The van der Waals surface area contributed by atoms with Crippen LogP contribution in [0.2, 0.25) is 0 Å². The molecule has 0 fully saturated rings. The Morgan fingerprint density at radius 3 is 2.12 bits per heavy atom.